The highest BCUT2D eigenvalue weighted by Crippen LogP contribution is 2.04. The van der Waals surface area contributed by atoms with Crippen LogP contribution >= 0.6 is 0 Å². The number of aryl methyl sites for hydroxylation is 2. The third-order valence-corrected chi connectivity index (χ3v) is 2.23. The predicted octanol–water partition coefficient (Wildman–Crippen LogP) is 0.597. The maximum atomic E-state index is 11.5. The number of carbonyl (C=O) groups excluding carboxylic acids is 2. The van der Waals surface area contributed by atoms with E-state index < -0.39 is 11.9 Å². The number of nitrogens with zero attached hydrogens (tertiary/aromatic N) is 3. The molecule has 0 saturated carbocycles. The smallest absolute Gasteiger partial charge is 0.354 e. The molecule has 108 valence electrons. The Labute approximate surface area is 116 Å². The molecular formula is C12H16N4O4. The number of hydrogen-bond donors (Lipinski definition) is 1. The second kappa shape index (κ2) is 7.17. The van der Waals surface area contributed by atoms with E-state index in [1.807, 2.05) is 0 Å². The van der Waals surface area contributed by atoms with Crippen LogP contribution in [0.25, 0.3) is 0 Å². The molecule has 1 aromatic rings. The summed E-state index contributed by atoms with van der Waals surface area (Å²) in [6.07, 6.45) is -0.305. The van der Waals surface area contributed by atoms with Crippen molar-refractivity contribution in [3.05, 3.63) is 17.5 Å². The average molecular weight is 280 g/mol. The summed E-state index contributed by atoms with van der Waals surface area (Å²) in [5.74, 6) is -1.10. The monoisotopic (exact) mass is 280 g/mol. The zero-order valence-corrected chi connectivity index (χ0v) is 11.8. The van der Waals surface area contributed by atoms with Crippen molar-refractivity contribution >= 4 is 23.6 Å². The highest BCUT2D eigenvalue weighted by molar-refractivity contribution is 6.39. The zero-order chi connectivity index (χ0) is 15.1. The van der Waals surface area contributed by atoms with Crippen molar-refractivity contribution in [1.29, 1.82) is 0 Å². The molecule has 1 aromatic heterocycles. The van der Waals surface area contributed by atoms with Gasteiger partial charge in [0.25, 0.3) is 0 Å². The molecule has 0 aliphatic rings. The Balaban J connectivity index is 2.90. The van der Waals surface area contributed by atoms with Crippen molar-refractivity contribution in [2.45, 2.75) is 20.3 Å². The van der Waals surface area contributed by atoms with Gasteiger partial charge >= 0.3 is 11.9 Å². The van der Waals surface area contributed by atoms with E-state index in [1.165, 1.54) is 14.2 Å². The summed E-state index contributed by atoms with van der Waals surface area (Å²) < 4.78 is 9.01. The molecule has 0 spiro atoms. The molecular weight excluding hydrogens is 264 g/mol. The van der Waals surface area contributed by atoms with Gasteiger partial charge in [-0.15, -0.1) is 0 Å². The minimum atomic E-state index is -0.729. The fraction of sp³-hybridized carbons (Fsp3) is 0.417. The van der Waals surface area contributed by atoms with Crippen LogP contribution in [0.2, 0.25) is 0 Å². The van der Waals surface area contributed by atoms with Crippen molar-refractivity contribution in [2.75, 3.05) is 19.6 Å². The lowest BCUT2D eigenvalue weighted by molar-refractivity contribution is -0.140. The number of aromatic nitrogens is 2. The van der Waals surface area contributed by atoms with E-state index in [9.17, 15) is 9.59 Å². The molecule has 0 aliphatic heterocycles. The number of methoxy groups -OCH3 is 2. The van der Waals surface area contributed by atoms with Crippen molar-refractivity contribution in [2.24, 2.45) is 5.10 Å². The molecule has 0 saturated heterocycles. The quantitative estimate of drug-likeness (QED) is 0.478. The zero-order valence-electron chi connectivity index (χ0n) is 11.8. The molecule has 0 aromatic carbocycles. The van der Waals surface area contributed by atoms with Crippen molar-refractivity contribution in [3.8, 4) is 0 Å². The van der Waals surface area contributed by atoms with Gasteiger partial charge in [0.15, 0.2) is 5.71 Å². The predicted molar refractivity (Wildman–Crippen MR) is 71.2 cm³/mol. The molecule has 0 unspecified atom stereocenters. The third kappa shape index (κ3) is 4.63. The minimum Gasteiger partial charge on any atom is -0.469 e. The van der Waals surface area contributed by atoms with Gasteiger partial charge in [-0.05, 0) is 19.9 Å². The highest BCUT2D eigenvalue weighted by atomic mass is 16.5. The van der Waals surface area contributed by atoms with Crippen LogP contribution in [0.15, 0.2) is 11.2 Å². The van der Waals surface area contributed by atoms with Crippen LogP contribution in [0.3, 0.4) is 0 Å². The molecule has 8 nitrogen and oxygen atoms in total. The Morgan fingerprint density at radius 3 is 2.30 bits per heavy atom. The summed E-state index contributed by atoms with van der Waals surface area (Å²) >= 11 is 0. The number of ether oxygens (including phenoxy) is 2. The van der Waals surface area contributed by atoms with E-state index in [0.717, 1.165) is 11.4 Å². The summed E-state index contributed by atoms with van der Waals surface area (Å²) in [7, 11) is 2.42. The molecule has 8 heteroatoms. The maximum absolute atomic E-state index is 11.5. The van der Waals surface area contributed by atoms with Gasteiger partial charge in [-0.25, -0.2) is 20.2 Å². The fourth-order valence-corrected chi connectivity index (χ4v) is 1.38. The summed E-state index contributed by atoms with van der Waals surface area (Å²) in [6.45, 7) is 3.61. The van der Waals surface area contributed by atoms with Gasteiger partial charge in [-0.1, -0.05) is 0 Å². The van der Waals surface area contributed by atoms with Crippen molar-refractivity contribution in [3.63, 3.8) is 0 Å². The Bertz CT molecular complexity index is 522. The Morgan fingerprint density at radius 2 is 1.80 bits per heavy atom. The molecule has 0 radical (unpaired) electrons. The first kappa shape index (κ1) is 15.5. The van der Waals surface area contributed by atoms with E-state index >= 15 is 0 Å². The summed E-state index contributed by atoms with van der Waals surface area (Å²) in [6, 6.07) is 1.80. The number of anilines is 1. The van der Waals surface area contributed by atoms with Gasteiger partial charge < -0.3 is 9.47 Å². The summed E-state index contributed by atoms with van der Waals surface area (Å²) in [4.78, 5) is 30.9. The maximum Gasteiger partial charge on any atom is 0.354 e. The highest BCUT2D eigenvalue weighted by Gasteiger charge is 2.17. The van der Waals surface area contributed by atoms with Gasteiger partial charge in [-0.2, -0.15) is 5.10 Å². The number of esters is 2. The Hall–Kier alpha value is -2.51. The van der Waals surface area contributed by atoms with E-state index in [4.69, 9.17) is 0 Å². The number of nitrogens with one attached hydrogen (secondary N) is 1. The average Bonchev–Trinajstić information content (AvgIpc) is 2.41. The molecule has 0 fully saturated rings. The SMILES string of the molecule is COC(=O)CC(=NNc1nc(C)cc(C)n1)C(=O)OC. The molecule has 0 aliphatic carbocycles. The molecule has 0 atom stereocenters. The first-order valence-electron chi connectivity index (χ1n) is 5.76. The van der Waals surface area contributed by atoms with Crippen LogP contribution in [0.4, 0.5) is 5.95 Å². The van der Waals surface area contributed by atoms with Crippen LogP contribution < -0.4 is 5.43 Å². The Morgan fingerprint density at radius 1 is 1.20 bits per heavy atom. The Kier molecular flexibility index (Phi) is 5.57. The van der Waals surface area contributed by atoms with Gasteiger partial charge in [0.05, 0.1) is 20.6 Å². The summed E-state index contributed by atoms with van der Waals surface area (Å²) in [5, 5.41) is 3.80. The standard InChI is InChI=1S/C12H16N4O4/c1-7-5-8(2)14-12(13-7)16-15-9(11(18)20-4)6-10(17)19-3/h5H,6H2,1-4H3,(H,13,14,16). The van der Waals surface area contributed by atoms with Crippen LogP contribution in [0, 0.1) is 13.8 Å². The molecule has 20 heavy (non-hydrogen) atoms. The molecule has 1 heterocycles. The van der Waals surface area contributed by atoms with Crippen LogP contribution in [0.1, 0.15) is 17.8 Å². The van der Waals surface area contributed by atoms with Crippen molar-refractivity contribution in [1.82, 2.24) is 9.97 Å². The minimum absolute atomic E-state index is 0.123. The van der Waals surface area contributed by atoms with Gasteiger partial charge in [0.1, 0.15) is 0 Å². The lowest BCUT2D eigenvalue weighted by Crippen LogP contribution is -2.22. The third-order valence-electron chi connectivity index (χ3n) is 2.23. The number of rotatable bonds is 5. The second-order valence-corrected chi connectivity index (χ2v) is 3.89. The fourth-order valence-electron chi connectivity index (χ4n) is 1.38. The molecule has 1 N–H and O–H groups in total. The van der Waals surface area contributed by atoms with Crippen LogP contribution in [0.5, 0.6) is 0 Å². The molecule has 1 rings (SSSR count). The van der Waals surface area contributed by atoms with Crippen LogP contribution in [-0.4, -0.2) is 41.8 Å². The van der Waals surface area contributed by atoms with E-state index in [0.29, 0.717) is 0 Å². The van der Waals surface area contributed by atoms with Gasteiger partial charge in [-0.3, -0.25) is 4.79 Å². The van der Waals surface area contributed by atoms with Crippen molar-refractivity contribution < 1.29 is 19.1 Å². The first-order valence-corrected chi connectivity index (χ1v) is 5.76. The normalized spacial score (nSPS) is 10.9. The van der Waals surface area contributed by atoms with Crippen LogP contribution in [-0.2, 0) is 19.1 Å². The van der Waals surface area contributed by atoms with E-state index in [-0.39, 0.29) is 18.1 Å². The number of carbonyl (C=O) groups is 2. The summed E-state index contributed by atoms with van der Waals surface area (Å²) in [5.41, 5.74) is 3.91. The lowest BCUT2D eigenvalue weighted by Gasteiger charge is -2.05. The first-order chi connectivity index (χ1) is 9.46. The molecule has 0 amide bonds. The van der Waals surface area contributed by atoms with E-state index in [1.54, 1.807) is 19.9 Å². The lowest BCUT2D eigenvalue weighted by atomic mass is 10.3. The largest absolute Gasteiger partial charge is 0.469 e. The number of hydrogen-bond acceptors (Lipinski definition) is 8. The number of hydrazone groups is 1. The van der Waals surface area contributed by atoms with Gasteiger partial charge in [0, 0.05) is 11.4 Å². The topological polar surface area (TPSA) is 103 Å². The van der Waals surface area contributed by atoms with Gasteiger partial charge in [0.2, 0.25) is 5.95 Å². The van der Waals surface area contributed by atoms with E-state index in [2.05, 4.69) is 30.0 Å². The second-order valence-electron chi connectivity index (χ2n) is 3.89. The molecule has 0 bridgehead atoms.